The largest absolute Gasteiger partial charge is 0.0879 e. The van der Waals surface area contributed by atoms with Crippen LogP contribution in [0.2, 0.25) is 0 Å². The van der Waals surface area contributed by atoms with Gasteiger partial charge in [0.1, 0.15) is 0 Å². The molecular weight excluding hydrogens is 144 g/mol. The molecule has 1 aliphatic carbocycles. The first-order valence-corrected chi connectivity index (χ1v) is 4.62. The van der Waals surface area contributed by atoms with Crippen LogP contribution < -0.4 is 0 Å². The van der Waals surface area contributed by atoms with Crippen LogP contribution in [0.5, 0.6) is 0 Å². The minimum absolute atomic E-state index is 1.05. The third-order valence-corrected chi connectivity index (χ3v) is 1.76. The molecular formula is C12H16. The highest BCUT2D eigenvalue weighted by molar-refractivity contribution is 5.06. The second kappa shape index (κ2) is 6.66. The Labute approximate surface area is 75.0 Å². The van der Waals surface area contributed by atoms with E-state index in [1.807, 2.05) is 0 Å². The van der Waals surface area contributed by atoms with E-state index >= 15 is 0 Å². The molecule has 0 atom stereocenters. The van der Waals surface area contributed by atoms with Gasteiger partial charge in [-0.25, -0.2) is 0 Å². The van der Waals surface area contributed by atoms with Crippen LogP contribution >= 0.6 is 0 Å². The Morgan fingerprint density at radius 3 is 2.00 bits per heavy atom. The summed E-state index contributed by atoms with van der Waals surface area (Å²) >= 11 is 0. The van der Waals surface area contributed by atoms with E-state index in [0.29, 0.717) is 0 Å². The van der Waals surface area contributed by atoms with E-state index in [1.165, 1.54) is 0 Å². The summed E-state index contributed by atoms with van der Waals surface area (Å²) in [6, 6.07) is 0. The first-order valence-electron chi connectivity index (χ1n) is 4.62. The van der Waals surface area contributed by atoms with Crippen LogP contribution in [-0.4, -0.2) is 0 Å². The van der Waals surface area contributed by atoms with Crippen molar-refractivity contribution in [1.82, 2.24) is 0 Å². The Kier molecular flexibility index (Phi) is 5.02. The van der Waals surface area contributed by atoms with Crippen molar-refractivity contribution in [3.05, 3.63) is 48.6 Å². The van der Waals surface area contributed by atoms with Gasteiger partial charge < -0.3 is 0 Å². The number of rotatable bonds is 0. The third kappa shape index (κ3) is 4.73. The van der Waals surface area contributed by atoms with Gasteiger partial charge in [-0.1, -0.05) is 48.6 Å². The first-order chi connectivity index (χ1) is 6.00. The highest BCUT2D eigenvalue weighted by Gasteiger charge is 1.77. The van der Waals surface area contributed by atoms with Gasteiger partial charge in [-0.05, 0) is 25.7 Å². The summed E-state index contributed by atoms with van der Waals surface area (Å²) in [5, 5.41) is 0. The molecule has 0 aromatic rings. The number of hydrogen-bond donors (Lipinski definition) is 0. The maximum absolute atomic E-state index is 2.25. The molecule has 0 unspecified atom stereocenters. The molecule has 1 rings (SSSR count). The molecule has 0 bridgehead atoms. The number of allylic oxidation sites excluding steroid dienone is 8. The van der Waals surface area contributed by atoms with Crippen LogP contribution in [-0.2, 0) is 0 Å². The minimum Gasteiger partial charge on any atom is -0.0879 e. The summed E-state index contributed by atoms with van der Waals surface area (Å²) in [5.41, 5.74) is 0. The maximum Gasteiger partial charge on any atom is -0.0166 e. The van der Waals surface area contributed by atoms with E-state index in [4.69, 9.17) is 0 Å². The molecule has 12 heavy (non-hydrogen) atoms. The lowest BCUT2D eigenvalue weighted by Gasteiger charge is -1.88. The van der Waals surface area contributed by atoms with Crippen LogP contribution in [0.4, 0.5) is 0 Å². The minimum atomic E-state index is 1.05. The summed E-state index contributed by atoms with van der Waals surface area (Å²) in [6.45, 7) is 0. The molecule has 64 valence electrons. The first kappa shape index (κ1) is 9.05. The monoisotopic (exact) mass is 160 g/mol. The van der Waals surface area contributed by atoms with Crippen molar-refractivity contribution in [2.45, 2.75) is 25.7 Å². The SMILES string of the molecule is C1=CC/C=C\C/C=C\CC/C=C\1. The van der Waals surface area contributed by atoms with E-state index in [0.717, 1.165) is 25.7 Å². The molecule has 0 amide bonds. The van der Waals surface area contributed by atoms with Crippen LogP contribution in [0.25, 0.3) is 0 Å². The lowest BCUT2D eigenvalue weighted by Crippen LogP contribution is -1.67. The molecule has 0 aromatic carbocycles. The molecule has 0 nitrogen and oxygen atoms in total. The zero-order valence-electron chi connectivity index (χ0n) is 7.45. The highest BCUT2D eigenvalue weighted by atomic mass is 13.8. The summed E-state index contributed by atoms with van der Waals surface area (Å²) in [6.07, 6.45) is 22.0. The van der Waals surface area contributed by atoms with E-state index < -0.39 is 0 Å². The Morgan fingerprint density at radius 1 is 0.500 bits per heavy atom. The van der Waals surface area contributed by atoms with Gasteiger partial charge >= 0.3 is 0 Å². The van der Waals surface area contributed by atoms with Crippen molar-refractivity contribution in [1.29, 1.82) is 0 Å². The van der Waals surface area contributed by atoms with Gasteiger partial charge in [0.15, 0.2) is 0 Å². The van der Waals surface area contributed by atoms with Gasteiger partial charge in [0.25, 0.3) is 0 Å². The average molecular weight is 160 g/mol. The van der Waals surface area contributed by atoms with Crippen LogP contribution in [0.1, 0.15) is 25.7 Å². The lowest BCUT2D eigenvalue weighted by molar-refractivity contribution is 1.04. The smallest absolute Gasteiger partial charge is 0.0166 e. The number of hydrogen-bond acceptors (Lipinski definition) is 0. The highest BCUT2D eigenvalue weighted by Crippen LogP contribution is 1.98. The topological polar surface area (TPSA) is 0 Å². The molecule has 0 N–H and O–H groups in total. The summed E-state index contributed by atoms with van der Waals surface area (Å²) in [4.78, 5) is 0. The Bertz CT molecular complexity index is 204. The molecule has 0 aliphatic heterocycles. The Hall–Kier alpha value is -1.04. The second-order valence-electron chi connectivity index (χ2n) is 2.85. The van der Waals surface area contributed by atoms with Crippen molar-refractivity contribution in [3.63, 3.8) is 0 Å². The molecule has 0 heterocycles. The fourth-order valence-corrected chi connectivity index (χ4v) is 1.09. The fourth-order valence-electron chi connectivity index (χ4n) is 1.09. The fraction of sp³-hybridized carbons (Fsp3) is 0.333. The quantitative estimate of drug-likeness (QED) is 0.473. The normalized spacial score (nSPS) is 26.7. The molecule has 0 fully saturated rings. The van der Waals surface area contributed by atoms with Gasteiger partial charge in [-0.15, -0.1) is 0 Å². The Morgan fingerprint density at radius 2 is 1.08 bits per heavy atom. The molecule has 0 spiro atoms. The molecule has 0 saturated heterocycles. The molecule has 0 aromatic heterocycles. The van der Waals surface area contributed by atoms with Crippen LogP contribution in [0.3, 0.4) is 0 Å². The Balaban J connectivity index is 2.41. The van der Waals surface area contributed by atoms with E-state index in [9.17, 15) is 0 Å². The molecule has 0 heteroatoms. The van der Waals surface area contributed by atoms with E-state index in [2.05, 4.69) is 48.6 Å². The van der Waals surface area contributed by atoms with Gasteiger partial charge in [0.2, 0.25) is 0 Å². The maximum atomic E-state index is 2.25. The molecule has 1 aliphatic rings. The summed E-state index contributed by atoms with van der Waals surface area (Å²) < 4.78 is 0. The average Bonchev–Trinajstić information content (AvgIpc) is 2.05. The predicted octanol–water partition coefficient (Wildman–Crippen LogP) is 3.79. The van der Waals surface area contributed by atoms with E-state index in [-0.39, 0.29) is 0 Å². The zero-order valence-corrected chi connectivity index (χ0v) is 7.45. The van der Waals surface area contributed by atoms with Crippen molar-refractivity contribution in [3.8, 4) is 0 Å². The van der Waals surface area contributed by atoms with Crippen molar-refractivity contribution in [2.75, 3.05) is 0 Å². The van der Waals surface area contributed by atoms with Crippen LogP contribution in [0.15, 0.2) is 48.6 Å². The summed E-state index contributed by atoms with van der Waals surface area (Å²) in [7, 11) is 0. The van der Waals surface area contributed by atoms with Crippen molar-refractivity contribution >= 4 is 0 Å². The van der Waals surface area contributed by atoms with Crippen molar-refractivity contribution in [2.24, 2.45) is 0 Å². The van der Waals surface area contributed by atoms with Gasteiger partial charge in [-0.2, -0.15) is 0 Å². The van der Waals surface area contributed by atoms with Crippen molar-refractivity contribution < 1.29 is 0 Å². The van der Waals surface area contributed by atoms with E-state index in [1.54, 1.807) is 0 Å². The van der Waals surface area contributed by atoms with Gasteiger partial charge in [0.05, 0.1) is 0 Å². The lowest BCUT2D eigenvalue weighted by atomic mass is 10.2. The standard InChI is InChI=1S/C12H16/c1-2-4-6-8-10-12-11-9-7-5-3-1/h1-4,7,9-10,12H,5-6,8,11H2/b3-1?,4-2-,9-7-,12-10-. The zero-order chi connectivity index (χ0) is 8.49. The molecule has 0 saturated carbocycles. The second-order valence-corrected chi connectivity index (χ2v) is 2.85. The van der Waals surface area contributed by atoms with Gasteiger partial charge in [-0.3, -0.25) is 0 Å². The summed E-state index contributed by atoms with van der Waals surface area (Å²) in [5.74, 6) is 0. The molecule has 0 radical (unpaired) electrons. The third-order valence-electron chi connectivity index (χ3n) is 1.76. The van der Waals surface area contributed by atoms with Gasteiger partial charge in [0, 0.05) is 0 Å². The predicted molar refractivity (Wildman–Crippen MR) is 55.0 cm³/mol. The van der Waals surface area contributed by atoms with Crippen LogP contribution in [0, 0.1) is 0 Å².